The molecule has 170 valence electrons. The summed E-state index contributed by atoms with van der Waals surface area (Å²) >= 11 is 0. The number of rotatable bonds is 23. The highest BCUT2D eigenvalue weighted by atomic mass is 28.3. The SMILES string of the molecule is CCCCCCCCCCCCCCCCCCC(C)O[SiH](OCC)OCC. The van der Waals surface area contributed by atoms with Gasteiger partial charge < -0.3 is 13.3 Å². The molecule has 0 aliphatic rings. The van der Waals surface area contributed by atoms with Crippen molar-refractivity contribution >= 4 is 9.53 Å². The van der Waals surface area contributed by atoms with Crippen LogP contribution in [-0.2, 0) is 13.3 Å². The van der Waals surface area contributed by atoms with E-state index in [0.29, 0.717) is 13.2 Å². The second kappa shape index (κ2) is 23.4. The normalized spacial score (nSPS) is 12.8. The van der Waals surface area contributed by atoms with Gasteiger partial charge in [-0.2, -0.15) is 0 Å². The average molecular weight is 417 g/mol. The lowest BCUT2D eigenvalue weighted by atomic mass is 10.0. The minimum absolute atomic E-state index is 0.265. The highest BCUT2D eigenvalue weighted by molar-refractivity contribution is 6.36. The molecule has 0 aromatic heterocycles. The van der Waals surface area contributed by atoms with Crippen molar-refractivity contribution in [3.05, 3.63) is 0 Å². The van der Waals surface area contributed by atoms with Crippen molar-refractivity contribution in [2.45, 2.75) is 143 Å². The first kappa shape index (κ1) is 28.1. The van der Waals surface area contributed by atoms with E-state index in [1.165, 1.54) is 103 Å². The fraction of sp³-hybridized carbons (Fsp3) is 1.00. The van der Waals surface area contributed by atoms with E-state index in [4.69, 9.17) is 13.3 Å². The van der Waals surface area contributed by atoms with Gasteiger partial charge in [0.1, 0.15) is 0 Å². The van der Waals surface area contributed by atoms with Crippen LogP contribution in [-0.4, -0.2) is 28.8 Å². The van der Waals surface area contributed by atoms with E-state index in [0.717, 1.165) is 6.42 Å². The first-order valence-electron chi connectivity index (χ1n) is 12.6. The van der Waals surface area contributed by atoms with Crippen LogP contribution in [0.2, 0.25) is 0 Å². The molecule has 0 spiro atoms. The van der Waals surface area contributed by atoms with Crippen molar-refractivity contribution < 1.29 is 13.3 Å². The highest BCUT2D eigenvalue weighted by Crippen LogP contribution is 2.15. The number of hydrogen-bond acceptors (Lipinski definition) is 3. The van der Waals surface area contributed by atoms with Crippen LogP contribution in [0.15, 0.2) is 0 Å². The standard InChI is InChI=1S/C24H52O3Si/c1-5-8-9-10-11-12-13-14-15-16-17-18-19-20-21-22-23-24(4)27-28(25-6-2)26-7-3/h24,28H,5-23H2,1-4H3. The fourth-order valence-corrected chi connectivity index (χ4v) is 4.95. The minimum Gasteiger partial charge on any atom is -0.376 e. The summed E-state index contributed by atoms with van der Waals surface area (Å²) in [5.41, 5.74) is 0. The molecule has 0 N–H and O–H groups in total. The van der Waals surface area contributed by atoms with Crippen LogP contribution in [0.1, 0.15) is 137 Å². The van der Waals surface area contributed by atoms with Gasteiger partial charge in [0.05, 0.1) is 0 Å². The van der Waals surface area contributed by atoms with Gasteiger partial charge in [0.2, 0.25) is 0 Å². The van der Waals surface area contributed by atoms with Gasteiger partial charge >= 0.3 is 9.53 Å². The van der Waals surface area contributed by atoms with Crippen molar-refractivity contribution in [2.75, 3.05) is 13.2 Å². The Kier molecular flexibility index (Phi) is 23.5. The molecule has 3 nitrogen and oxygen atoms in total. The Morgan fingerprint density at radius 3 is 1.25 bits per heavy atom. The summed E-state index contributed by atoms with van der Waals surface area (Å²) in [6, 6.07) is 0. The average Bonchev–Trinajstić information content (AvgIpc) is 2.68. The lowest BCUT2D eigenvalue weighted by Gasteiger charge is -2.20. The van der Waals surface area contributed by atoms with Crippen LogP contribution >= 0.6 is 0 Å². The van der Waals surface area contributed by atoms with E-state index < -0.39 is 9.53 Å². The van der Waals surface area contributed by atoms with E-state index in [-0.39, 0.29) is 6.10 Å². The Morgan fingerprint density at radius 2 is 0.893 bits per heavy atom. The third kappa shape index (κ3) is 20.8. The van der Waals surface area contributed by atoms with Crippen molar-refractivity contribution in [1.82, 2.24) is 0 Å². The van der Waals surface area contributed by atoms with Gasteiger partial charge in [-0.05, 0) is 27.2 Å². The third-order valence-electron chi connectivity index (χ3n) is 5.41. The van der Waals surface area contributed by atoms with Crippen LogP contribution in [0.5, 0.6) is 0 Å². The molecule has 0 aromatic carbocycles. The Balaban J connectivity index is 3.26. The second-order valence-corrected chi connectivity index (χ2v) is 9.75. The van der Waals surface area contributed by atoms with Crippen LogP contribution < -0.4 is 0 Å². The van der Waals surface area contributed by atoms with Gasteiger partial charge in [-0.1, -0.05) is 110 Å². The second-order valence-electron chi connectivity index (χ2n) is 8.24. The van der Waals surface area contributed by atoms with Gasteiger partial charge in [0.25, 0.3) is 0 Å². The molecular formula is C24H52O3Si. The highest BCUT2D eigenvalue weighted by Gasteiger charge is 2.17. The van der Waals surface area contributed by atoms with Gasteiger partial charge in [-0.15, -0.1) is 0 Å². The topological polar surface area (TPSA) is 27.7 Å². The zero-order valence-corrected chi connectivity index (χ0v) is 21.0. The monoisotopic (exact) mass is 416 g/mol. The molecule has 1 unspecified atom stereocenters. The Morgan fingerprint density at radius 1 is 0.536 bits per heavy atom. The third-order valence-corrected chi connectivity index (χ3v) is 7.31. The minimum atomic E-state index is -1.89. The quantitative estimate of drug-likeness (QED) is 0.125. The van der Waals surface area contributed by atoms with Crippen LogP contribution in [0, 0.1) is 0 Å². The maximum atomic E-state index is 5.95. The molecule has 0 aliphatic heterocycles. The summed E-state index contributed by atoms with van der Waals surface area (Å²) in [7, 11) is -1.89. The van der Waals surface area contributed by atoms with Gasteiger partial charge in [-0.25, -0.2) is 0 Å². The number of unbranched alkanes of at least 4 members (excludes halogenated alkanes) is 15. The number of hydrogen-bond donors (Lipinski definition) is 0. The maximum absolute atomic E-state index is 5.95. The van der Waals surface area contributed by atoms with E-state index in [1.807, 2.05) is 13.8 Å². The summed E-state index contributed by atoms with van der Waals surface area (Å²) < 4.78 is 17.1. The molecule has 1 atom stereocenters. The van der Waals surface area contributed by atoms with E-state index >= 15 is 0 Å². The summed E-state index contributed by atoms with van der Waals surface area (Å²) in [4.78, 5) is 0. The van der Waals surface area contributed by atoms with Gasteiger partial charge in [0, 0.05) is 19.3 Å². The molecule has 0 fully saturated rings. The smallest absolute Gasteiger partial charge is 0.376 e. The summed E-state index contributed by atoms with van der Waals surface area (Å²) in [6.45, 7) is 9.82. The van der Waals surface area contributed by atoms with Gasteiger partial charge in [-0.3, -0.25) is 0 Å². The molecule has 4 heteroatoms. The molecule has 0 bridgehead atoms. The van der Waals surface area contributed by atoms with E-state index in [2.05, 4.69) is 13.8 Å². The molecule has 0 radical (unpaired) electrons. The molecule has 0 aromatic rings. The van der Waals surface area contributed by atoms with E-state index in [1.54, 1.807) is 0 Å². The van der Waals surface area contributed by atoms with Crippen molar-refractivity contribution in [3.63, 3.8) is 0 Å². The Bertz CT molecular complexity index is 283. The molecule has 28 heavy (non-hydrogen) atoms. The molecular weight excluding hydrogens is 364 g/mol. The lowest BCUT2D eigenvalue weighted by Crippen LogP contribution is -2.31. The molecule has 0 heterocycles. The van der Waals surface area contributed by atoms with E-state index in [9.17, 15) is 0 Å². The first-order chi connectivity index (χ1) is 13.7. The molecule has 0 saturated carbocycles. The van der Waals surface area contributed by atoms with Crippen LogP contribution in [0.25, 0.3) is 0 Å². The summed E-state index contributed by atoms with van der Waals surface area (Å²) in [5, 5.41) is 0. The summed E-state index contributed by atoms with van der Waals surface area (Å²) in [5.74, 6) is 0. The van der Waals surface area contributed by atoms with Crippen molar-refractivity contribution in [3.8, 4) is 0 Å². The predicted octanol–water partition coefficient (Wildman–Crippen LogP) is 7.83. The fourth-order valence-electron chi connectivity index (χ4n) is 3.64. The zero-order chi connectivity index (χ0) is 20.7. The molecule has 0 saturated heterocycles. The Labute approximate surface area is 179 Å². The maximum Gasteiger partial charge on any atom is 0.484 e. The Hall–Kier alpha value is 0.0969. The van der Waals surface area contributed by atoms with Crippen LogP contribution in [0.4, 0.5) is 0 Å². The lowest BCUT2D eigenvalue weighted by molar-refractivity contribution is 0.0659. The zero-order valence-electron chi connectivity index (χ0n) is 19.8. The molecule has 0 amide bonds. The van der Waals surface area contributed by atoms with Crippen molar-refractivity contribution in [2.24, 2.45) is 0 Å². The van der Waals surface area contributed by atoms with Gasteiger partial charge in [0.15, 0.2) is 0 Å². The first-order valence-corrected chi connectivity index (χ1v) is 14.0. The molecule has 0 rings (SSSR count). The molecule has 0 aliphatic carbocycles. The summed E-state index contributed by atoms with van der Waals surface area (Å²) in [6.07, 6.45) is 24.1. The predicted molar refractivity (Wildman–Crippen MR) is 125 cm³/mol. The largest absolute Gasteiger partial charge is 0.484 e. The van der Waals surface area contributed by atoms with Crippen molar-refractivity contribution in [1.29, 1.82) is 0 Å². The van der Waals surface area contributed by atoms with Crippen LogP contribution in [0.3, 0.4) is 0 Å².